The first-order valence-electron chi connectivity index (χ1n) is 18.3. The van der Waals surface area contributed by atoms with Gasteiger partial charge in [0.1, 0.15) is 5.75 Å². The van der Waals surface area contributed by atoms with Crippen molar-refractivity contribution in [3.63, 3.8) is 0 Å². The monoisotopic (exact) mass is 739 g/mol. The van der Waals surface area contributed by atoms with Crippen molar-refractivity contribution in [3.05, 3.63) is 139 Å². The molecule has 10 heteroatoms. The number of methoxy groups -OCH3 is 1. The Morgan fingerprint density at radius 3 is 1.91 bits per heavy atom. The van der Waals surface area contributed by atoms with Gasteiger partial charge in [-0.1, -0.05) is 85.9 Å². The fraction of sp³-hybridized carbons (Fsp3) is 0.250. The summed E-state index contributed by atoms with van der Waals surface area (Å²) < 4.78 is 12.6. The molecule has 1 spiro atoms. The first-order chi connectivity index (χ1) is 26.2. The van der Waals surface area contributed by atoms with Gasteiger partial charge in [0, 0.05) is 40.8 Å². The van der Waals surface area contributed by atoms with Crippen LogP contribution in [-0.4, -0.2) is 51.7 Å². The fourth-order valence-corrected chi connectivity index (χ4v) is 12.7. The minimum Gasteiger partial charge on any atom is -0.497 e. The smallest absolute Gasteiger partial charge is 0.264 e. The second kappa shape index (κ2) is 15.1. The fourth-order valence-electron chi connectivity index (χ4n) is 8.67. The lowest BCUT2D eigenvalue weighted by atomic mass is 9.82. The number of carbonyl (C=O) groups is 3. The zero-order valence-corrected chi connectivity index (χ0v) is 32.0. The molecule has 0 aromatic heterocycles. The van der Waals surface area contributed by atoms with Crippen LogP contribution in [0.5, 0.6) is 5.75 Å². The Labute approximate surface area is 317 Å². The number of aliphatic hydroxyl groups excluding tert-OH is 1. The van der Waals surface area contributed by atoms with Gasteiger partial charge in [-0.15, -0.1) is 0 Å². The van der Waals surface area contributed by atoms with E-state index in [1.54, 1.807) is 21.8 Å². The highest BCUT2D eigenvalue weighted by atomic mass is 28.3. The highest BCUT2D eigenvalue weighted by molar-refractivity contribution is 6.91. The lowest BCUT2D eigenvalue weighted by molar-refractivity contribution is -0.146. The number of benzene rings is 5. The summed E-state index contributed by atoms with van der Waals surface area (Å²) in [6, 6.07) is 40.3. The molecule has 5 aromatic carbocycles. The third kappa shape index (κ3) is 6.30. The zero-order chi connectivity index (χ0) is 38.0. The Morgan fingerprint density at radius 2 is 1.35 bits per heavy atom. The van der Waals surface area contributed by atoms with E-state index in [-0.39, 0.29) is 30.5 Å². The van der Waals surface area contributed by atoms with Gasteiger partial charge in [0.15, 0.2) is 5.60 Å². The molecule has 3 amide bonds. The molecule has 5 aromatic rings. The van der Waals surface area contributed by atoms with Crippen LogP contribution in [0.3, 0.4) is 0 Å². The van der Waals surface area contributed by atoms with Crippen LogP contribution in [-0.2, 0) is 31.3 Å². The van der Waals surface area contributed by atoms with Crippen LogP contribution in [0.4, 0.5) is 28.4 Å². The molecule has 2 aliphatic heterocycles. The van der Waals surface area contributed by atoms with E-state index in [1.165, 1.54) is 5.19 Å². The number of carbonyl (C=O) groups excluding carboxylic acids is 3. The normalized spacial score (nSPS) is 20.5. The summed E-state index contributed by atoms with van der Waals surface area (Å²) in [5.74, 6) is 0.323. The van der Waals surface area contributed by atoms with Gasteiger partial charge in [-0.2, -0.15) is 0 Å². The van der Waals surface area contributed by atoms with Crippen LogP contribution in [0.2, 0.25) is 18.6 Å². The minimum atomic E-state index is -2.39. The van der Waals surface area contributed by atoms with Crippen LogP contribution >= 0.6 is 0 Å². The van der Waals surface area contributed by atoms with Crippen LogP contribution in [0.15, 0.2) is 127 Å². The first kappa shape index (κ1) is 36.8. The van der Waals surface area contributed by atoms with Crippen molar-refractivity contribution in [2.24, 2.45) is 5.92 Å². The van der Waals surface area contributed by atoms with Crippen LogP contribution < -0.4 is 24.6 Å². The molecule has 0 aliphatic carbocycles. The largest absolute Gasteiger partial charge is 0.497 e. The SMILES string of the molecule is COc1ccc([Si](C)(C)[C@@H]2[C@@H](CCO)O[C@]3(C(=O)N(Cc4ccc(N(C=O)c5ccccc5)cc4)c4ccc(N(C=O)c5ccccc5)cc43)[C@H]2C)cc1. The molecule has 0 bridgehead atoms. The molecule has 276 valence electrons. The molecule has 54 heavy (non-hydrogen) atoms. The summed E-state index contributed by atoms with van der Waals surface area (Å²) in [5.41, 5.74) is 3.67. The van der Waals surface area contributed by atoms with Crippen molar-refractivity contribution in [2.45, 2.75) is 50.2 Å². The molecule has 4 atom stereocenters. The van der Waals surface area contributed by atoms with Crippen LogP contribution in [0.1, 0.15) is 24.5 Å². The van der Waals surface area contributed by atoms with Gasteiger partial charge in [0.2, 0.25) is 12.8 Å². The Hall–Kier alpha value is -5.55. The molecule has 7 rings (SSSR count). The lowest BCUT2D eigenvalue weighted by Gasteiger charge is -2.37. The highest BCUT2D eigenvalue weighted by Crippen LogP contribution is 2.60. The van der Waals surface area contributed by atoms with Crippen molar-refractivity contribution in [1.82, 2.24) is 0 Å². The van der Waals surface area contributed by atoms with Crippen molar-refractivity contribution >= 4 is 60.4 Å². The van der Waals surface area contributed by atoms with Gasteiger partial charge in [0.05, 0.1) is 33.5 Å². The van der Waals surface area contributed by atoms with E-state index in [0.29, 0.717) is 34.7 Å². The number of fused-ring (bicyclic) bond motifs is 2. The summed E-state index contributed by atoms with van der Waals surface area (Å²) in [6.45, 7) is 6.91. The standard InChI is InChI=1S/C44H45N3O6Si/c1-31-42(54(3,4)38-22-20-37(52-2)21-23-38)41(25-26-48)53-44(31)39-27-36(47(30-50)34-13-9-6-10-14-34)19-24-40(39)45(43(44)51)28-32-15-17-35(18-16-32)46(29-49)33-11-7-5-8-12-33/h5-24,27,29-31,41-42,48H,25-26,28H2,1-4H3/t31-,41+,42-,44+/m0/s1. The summed E-state index contributed by atoms with van der Waals surface area (Å²) >= 11 is 0. The number of hydrogen-bond acceptors (Lipinski definition) is 6. The number of rotatable bonds is 13. The average molecular weight is 740 g/mol. The average Bonchev–Trinajstić information content (AvgIpc) is 3.63. The maximum absolute atomic E-state index is 15.3. The molecular weight excluding hydrogens is 695 g/mol. The molecule has 0 radical (unpaired) electrons. The molecule has 2 heterocycles. The number of anilines is 5. The van der Waals surface area contributed by atoms with Gasteiger partial charge in [-0.05, 0) is 84.3 Å². The molecule has 1 N–H and O–H groups in total. The molecule has 0 saturated carbocycles. The second-order valence-electron chi connectivity index (χ2n) is 14.6. The van der Waals surface area contributed by atoms with E-state index in [4.69, 9.17) is 9.47 Å². The van der Waals surface area contributed by atoms with Crippen LogP contribution in [0.25, 0.3) is 0 Å². The highest BCUT2D eigenvalue weighted by Gasteiger charge is 2.66. The van der Waals surface area contributed by atoms with Gasteiger partial charge >= 0.3 is 0 Å². The topological polar surface area (TPSA) is 99.6 Å². The van der Waals surface area contributed by atoms with E-state index >= 15 is 4.79 Å². The molecule has 0 unspecified atom stereocenters. The van der Waals surface area contributed by atoms with E-state index < -0.39 is 19.8 Å². The Kier molecular flexibility index (Phi) is 10.3. The third-order valence-electron chi connectivity index (χ3n) is 11.3. The van der Waals surface area contributed by atoms with Crippen molar-refractivity contribution in [2.75, 3.05) is 28.4 Å². The summed E-state index contributed by atoms with van der Waals surface area (Å²) in [7, 11) is -0.742. The van der Waals surface area contributed by atoms with E-state index in [1.807, 2.05) is 115 Å². The van der Waals surface area contributed by atoms with Crippen molar-refractivity contribution in [3.8, 4) is 5.75 Å². The Morgan fingerprint density at radius 1 is 0.796 bits per heavy atom. The Bertz CT molecular complexity index is 2110. The van der Waals surface area contributed by atoms with E-state index in [2.05, 4.69) is 32.2 Å². The number of nitrogens with zero attached hydrogens (tertiary/aromatic N) is 3. The minimum absolute atomic E-state index is 0.0404. The maximum Gasteiger partial charge on any atom is 0.264 e. The van der Waals surface area contributed by atoms with Crippen LogP contribution in [0, 0.1) is 5.92 Å². The van der Waals surface area contributed by atoms with Gasteiger partial charge in [-0.25, -0.2) is 0 Å². The predicted octanol–water partition coefficient (Wildman–Crippen LogP) is 7.43. The summed E-state index contributed by atoms with van der Waals surface area (Å²) in [5, 5.41) is 11.6. The Balaban J connectivity index is 1.31. The summed E-state index contributed by atoms with van der Waals surface area (Å²) in [4.78, 5) is 44.9. The van der Waals surface area contributed by atoms with E-state index in [0.717, 1.165) is 29.8 Å². The van der Waals surface area contributed by atoms with Gasteiger partial charge in [-0.3, -0.25) is 24.2 Å². The molecular formula is C44H45N3O6Si. The van der Waals surface area contributed by atoms with Gasteiger partial charge < -0.3 is 19.5 Å². The molecule has 1 fully saturated rings. The predicted molar refractivity (Wildman–Crippen MR) is 215 cm³/mol. The third-order valence-corrected chi connectivity index (χ3v) is 15.7. The number of para-hydroxylation sites is 2. The molecule has 2 aliphatic rings. The summed E-state index contributed by atoms with van der Waals surface area (Å²) in [6.07, 6.45) is 1.57. The lowest BCUT2D eigenvalue weighted by Crippen LogP contribution is -2.51. The number of ether oxygens (including phenoxy) is 2. The van der Waals surface area contributed by atoms with Crippen molar-refractivity contribution < 1.29 is 29.0 Å². The van der Waals surface area contributed by atoms with Crippen molar-refractivity contribution in [1.29, 1.82) is 0 Å². The van der Waals surface area contributed by atoms with E-state index in [9.17, 15) is 14.7 Å². The first-order valence-corrected chi connectivity index (χ1v) is 21.3. The number of aliphatic hydroxyl groups is 1. The maximum atomic E-state index is 15.3. The molecule has 9 nitrogen and oxygen atoms in total. The number of hydrogen-bond donors (Lipinski definition) is 1. The zero-order valence-electron chi connectivity index (χ0n) is 31.0. The quantitative estimate of drug-likeness (QED) is 0.0997. The second-order valence-corrected chi connectivity index (χ2v) is 19.2. The number of amides is 3. The van der Waals surface area contributed by atoms with Gasteiger partial charge in [0.25, 0.3) is 5.91 Å². The molecule has 1 saturated heterocycles.